The Hall–Kier alpha value is -2.13. The largest absolute Gasteiger partial charge is 0.387 e. The number of aryl methyl sites for hydroxylation is 1. The lowest BCUT2D eigenvalue weighted by Gasteiger charge is -2.26. The van der Waals surface area contributed by atoms with Gasteiger partial charge in [0.25, 0.3) is 0 Å². The van der Waals surface area contributed by atoms with Crippen LogP contribution in [-0.4, -0.2) is 40.6 Å². The highest BCUT2D eigenvalue weighted by atomic mass is 32.1. The summed E-state index contributed by atoms with van der Waals surface area (Å²) >= 11 is 1.66. The number of benzene rings is 2. The number of hydrogen-bond acceptors (Lipinski definition) is 6. The molecule has 174 valence electrons. The zero-order valence-electron chi connectivity index (χ0n) is 18.7. The molecule has 2 N–H and O–H groups in total. The number of ether oxygens (including phenoxy) is 3. The van der Waals surface area contributed by atoms with Gasteiger partial charge in [-0.3, -0.25) is 0 Å². The average molecular weight is 471 g/mol. The van der Waals surface area contributed by atoms with E-state index >= 15 is 0 Å². The van der Waals surface area contributed by atoms with Gasteiger partial charge < -0.3 is 24.4 Å². The molecule has 5 atom stereocenters. The van der Waals surface area contributed by atoms with Crippen LogP contribution in [0.3, 0.4) is 0 Å². The summed E-state index contributed by atoms with van der Waals surface area (Å²) in [6.45, 7) is 5.57. The average Bonchev–Trinajstić information content (AvgIpc) is 3.44. The van der Waals surface area contributed by atoms with Gasteiger partial charge in [-0.15, -0.1) is 11.3 Å². The Morgan fingerprint density at radius 3 is 2.55 bits per heavy atom. The van der Waals surface area contributed by atoms with Crippen LogP contribution in [0.15, 0.2) is 54.6 Å². The third-order valence-corrected chi connectivity index (χ3v) is 7.37. The van der Waals surface area contributed by atoms with Crippen molar-refractivity contribution in [2.24, 2.45) is 0 Å². The first-order valence-electron chi connectivity index (χ1n) is 11.0. The SMILES string of the molecule is Cc1ccc(C(O)[C@@H]2O[C@H]3OC(C)(C)O[C@H]3[C@@H]2O)cc1Cc1ccc(-c2ccc(F)cc2)s1. The van der Waals surface area contributed by atoms with Crippen LogP contribution < -0.4 is 0 Å². The third-order valence-electron chi connectivity index (χ3n) is 6.23. The summed E-state index contributed by atoms with van der Waals surface area (Å²) in [5.41, 5.74) is 3.86. The lowest BCUT2D eigenvalue weighted by molar-refractivity contribution is -0.226. The normalized spacial score (nSPS) is 27.0. The summed E-state index contributed by atoms with van der Waals surface area (Å²) in [6.07, 6.45) is -3.46. The van der Waals surface area contributed by atoms with Crippen molar-refractivity contribution in [1.29, 1.82) is 0 Å². The van der Waals surface area contributed by atoms with Gasteiger partial charge in [0.05, 0.1) is 0 Å². The maximum atomic E-state index is 13.2. The number of aliphatic hydroxyl groups excluding tert-OH is 2. The minimum absolute atomic E-state index is 0.247. The van der Waals surface area contributed by atoms with Crippen molar-refractivity contribution in [3.05, 3.63) is 82.0 Å². The molecule has 3 heterocycles. The third kappa shape index (κ3) is 4.49. The molecule has 5 nitrogen and oxygen atoms in total. The summed E-state index contributed by atoms with van der Waals surface area (Å²) in [5, 5.41) is 21.7. The number of rotatable bonds is 5. The highest BCUT2D eigenvalue weighted by Crippen LogP contribution is 2.41. The Morgan fingerprint density at radius 1 is 1.06 bits per heavy atom. The molecule has 0 radical (unpaired) electrons. The minimum atomic E-state index is -1.02. The number of hydrogen-bond donors (Lipinski definition) is 2. The molecule has 0 bridgehead atoms. The van der Waals surface area contributed by atoms with E-state index in [2.05, 4.69) is 6.07 Å². The molecule has 1 unspecified atom stereocenters. The van der Waals surface area contributed by atoms with E-state index in [0.29, 0.717) is 12.0 Å². The molecule has 0 saturated carbocycles. The van der Waals surface area contributed by atoms with Crippen molar-refractivity contribution in [2.75, 3.05) is 0 Å². The maximum Gasteiger partial charge on any atom is 0.190 e. The van der Waals surface area contributed by atoms with Gasteiger partial charge >= 0.3 is 0 Å². The van der Waals surface area contributed by atoms with Gasteiger partial charge in [0.1, 0.15) is 30.2 Å². The fraction of sp³-hybridized carbons (Fsp3) is 0.385. The predicted octanol–water partition coefficient (Wildman–Crippen LogP) is 4.72. The van der Waals surface area contributed by atoms with E-state index in [0.717, 1.165) is 21.6 Å². The predicted molar refractivity (Wildman–Crippen MR) is 123 cm³/mol. The number of thiophene rings is 1. The van der Waals surface area contributed by atoms with Crippen molar-refractivity contribution in [3.8, 4) is 10.4 Å². The van der Waals surface area contributed by atoms with Crippen LogP contribution in [0.2, 0.25) is 0 Å². The van der Waals surface area contributed by atoms with E-state index < -0.39 is 36.5 Å². The van der Waals surface area contributed by atoms with E-state index in [1.807, 2.05) is 31.2 Å². The summed E-state index contributed by atoms with van der Waals surface area (Å²) in [6, 6.07) is 16.4. The summed E-state index contributed by atoms with van der Waals surface area (Å²) < 4.78 is 30.5. The second kappa shape index (κ2) is 8.58. The number of aliphatic hydroxyl groups is 2. The second-order valence-corrected chi connectivity index (χ2v) is 10.3. The molecule has 0 aliphatic carbocycles. The van der Waals surface area contributed by atoms with Crippen molar-refractivity contribution in [3.63, 3.8) is 0 Å². The van der Waals surface area contributed by atoms with E-state index in [1.165, 1.54) is 17.0 Å². The van der Waals surface area contributed by atoms with Crippen molar-refractivity contribution in [2.45, 2.75) is 63.7 Å². The Balaban J connectivity index is 1.32. The van der Waals surface area contributed by atoms with Crippen molar-refractivity contribution >= 4 is 11.3 Å². The Kier molecular flexibility index (Phi) is 5.89. The molecule has 1 aromatic heterocycles. The van der Waals surface area contributed by atoms with E-state index in [-0.39, 0.29) is 5.82 Å². The molecule has 2 aliphatic heterocycles. The summed E-state index contributed by atoms with van der Waals surface area (Å²) in [4.78, 5) is 2.25. The van der Waals surface area contributed by atoms with Crippen LogP contribution >= 0.6 is 11.3 Å². The quantitative estimate of drug-likeness (QED) is 0.565. The first-order valence-corrected chi connectivity index (χ1v) is 11.8. The molecule has 2 aliphatic rings. The summed E-state index contributed by atoms with van der Waals surface area (Å²) in [5.74, 6) is -1.07. The maximum absolute atomic E-state index is 13.2. The number of fused-ring (bicyclic) bond motifs is 1. The molecule has 2 fully saturated rings. The molecule has 33 heavy (non-hydrogen) atoms. The van der Waals surface area contributed by atoms with Crippen LogP contribution in [-0.2, 0) is 20.6 Å². The molecule has 2 saturated heterocycles. The van der Waals surface area contributed by atoms with Crippen LogP contribution in [0.25, 0.3) is 10.4 Å². The second-order valence-electron chi connectivity index (χ2n) is 9.14. The zero-order chi connectivity index (χ0) is 23.3. The number of halogens is 1. The topological polar surface area (TPSA) is 68.2 Å². The van der Waals surface area contributed by atoms with Crippen LogP contribution in [0, 0.1) is 12.7 Å². The van der Waals surface area contributed by atoms with Gasteiger partial charge in [-0.05, 0) is 67.3 Å². The van der Waals surface area contributed by atoms with Gasteiger partial charge in [-0.2, -0.15) is 0 Å². The van der Waals surface area contributed by atoms with Gasteiger partial charge in [0, 0.05) is 16.2 Å². The van der Waals surface area contributed by atoms with Gasteiger partial charge in [-0.1, -0.05) is 30.3 Å². The molecule has 3 aromatic rings. The molecule has 2 aromatic carbocycles. The molecular weight excluding hydrogens is 443 g/mol. The Bertz CT molecular complexity index is 1140. The fourth-order valence-corrected chi connectivity index (χ4v) is 5.50. The van der Waals surface area contributed by atoms with Crippen LogP contribution in [0.5, 0.6) is 0 Å². The molecule has 0 amide bonds. The fourth-order valence-electron chi connectivity index (χ4n) is 4.46. The lowest BCUT2D eigenvalue weighted by Crippen LogP contribution is -2.37. The molecule has 7 heteroatoms. The van der Waals surface area contributed by atoms with E-state index in [1.54, 1.807) is 37.3 Å². The van der Waals surface area contributed by atoms with E-state index in [9.17, 15) is 14.6 Å². The summed E-state index contributed by atoms with van der Waals surface area (Å²) in [7, 11) is 0. The van der Waals surface area contributed by atoms with Gasteiger partial charge in [0.15, 0.2) is 12.1 Å². The molecular formula is C26H27FO5S. The minimum Gasteiger partial charge on any atom is -0.387 e. The van der Waals surface area contributed by atoms with Gasteiger partial charge in [-0.25, -0.2) is 4.39 Å². The van der Waals surface area contributed by atoms with Gasteiger partial charge in [0.2, 0.25) is 0 Å². The first-order chi connectivity index (χ1) is 15.7. The Labute approximate surface area is 196 Å². The standard InChI is InChI=1S/C26H27FO5S/c1-14-4-5-16(21(28)23-22(29)24-25(30-23)32-26(2,3)31-24)12-17(14)13-19-10-11-20(33-19)15-6-8-18(27)9-7-15/h4-12,21-25,28-29H,13H2,1-3H3/t21?,22-,23+,24+,25+/m1/s1. The van der Waals surface area contributed by atoms with Crippen molar-refractivity contribution < 1.29 is 28.8 Å². The Morgan fingerprint density at radius 2 is 1.82 bits per heavy atom. The smallest absolute Gasteiger partial charge is 0.190 e. The highest BCUT2D eigenvalue weighted by molar-refractivity contribution is 7.15. The lowest BCUT2D eigenvalue weighted by atomic mass is 9.94. The molecule has 0 spiro atoms. The van der Waals surface area contributed by atoms with E-state index in [4.69, 9.17) is 14.2 Å². The molecule has 5 rings (SSSR count). The monoisotopic (exact) mass is 470 g/mol. The zero-order valence-corrected chi connectivity index (χ0v) is 19.5. The van der Waals surface area contributed by atoms with Crippen LogP contribution in [0.4, 0.5) is 4.39 Å². The van der Waals surface area contributed by atoms with Crippen LogP contribution in [0.1, 0.15) is 41.5 Å². The first kappa shape index (κ1) is 22.7. The van der Waals surface area contributed by atoms with Crippen molar-refractivity contribution in [1.82, 2.24) is 0 Å². The highest BCUT2D eigenvalue weighted by Gasteiger charge is 2.56.